The van der Waals surface area contributed by atoms with Gasteiger partial charge < -0.3 is 0 Å². The molecule has 3 unspecified atom stereocenters. The number of hydrogen-bond acceptors (Lipinski definition) is 2. The Morgan fingerprint density at radius 1 is 0.630 bits per heavy atom. The summed E-state index contributed by atoms with van der Waals surface area (Å²) in [6, 6.07) is 49.4. The van der Waals surface area contributed by atoms with Gasteiger partial charge in [0, 0.05) is 32.0 Å². The van der Waals surface area contributed by atoms with Crippen molar-refractivity contribution in [2.24, 2.45) is 0 Å². The third-order valence-corrected chi connectivity index (χ3v) is 12.9. The van der Waals surface area contributed by atoms with Gasteiger partial charge in [-0.1, -0.05) is 127 Å². The van der Waals surface area contributed by atoms with Crippen molar-refractivity contribution in [1.82, 2.24) is 0 Å². The Hall–Kier alpha value is -4.11. The molecule has 0 saturated carbocycles. The predicted molar refractivity (Wildman–Crippen MR) is 199 cm³/mol. The maximum absolute atomic E-state index is 2.66. The highest BCUT2D eigenvalue weighted by Crippen LogP contribution is 2.66. The van der Waals surface area contributed by atoms with Gasteiger partial charge in [-0.2, -0.15) is 0 Å². The van der Waals surface area contributed by atoms with Gasteiger partial charge >= 0.3 is 0 Å². The molecule has 6 aromatic rings. The molecule has 1 aliphatic heterocycles. The second-order valence-electron chi connectivity index (χ2n) is 13.0. The summed E-state index contributed by atoms with van der Waals surface area (Å²) in [4.78, 5) is 3.14. The van der Waals surface area contributed by atoms with Crippen LogP contribution in [0.4, 0.5) is 0 Å². The molecule has 1 aromatic heterocycles. The molecular formula is C44H36S2. The minimum atomic E-state index is 0.442. The van der Waals surface area contributed by atoms with Gasteiger partial charge in [-0.15, -0.1) is 23.1 Å². The van der Waals surface area contributed by atoms with Crippen LogP contribution < -0.4 is 0 Å². The van der Waals surface area contributed by atoms with Gasteiger partial charge in [-0.3, -0.25) is 0 Å². The SMILES string of the molecule is C1=C(c2ccccc2)C2=C(SC(CCc3ccccc3)C2)C2c3cc(-c4ccccc4)c4cc(CCc5ccccc5)sc4c3C12. The summed E-state index contributed by atoms with van der Waals surface area (Å²) in [6.45, 7) is 0. The van der Waals surface area contributed by atoms with Gasteiger partial charge in [0.25, 0.3) is 0 Å². The van der Waals surface area contributed by atoms with Crippen LogP contribution in [0.15, 0.2) is 150 Å². The highest BCUT2D eigenvalue weighted by atomic mass is 32.2. The Labute approximate surface area is 280 Å². The van der Waals surface area contributed by atoms with E-state index in [0.717, 1.165) is 19.3 Å². The molecule has 224 valence electrons. The minimum absolute atomic E-state index is 0.442. The lowest BCUT2D eigenvalue weighted by atomic mass is 9.62. The van der Waals surface area contributed by atoms with E-state index in [1.54, 1.807) is 21.6 Å². The normalized spacial score (nSPS) is 19.7. The lowest BCUT2D eigenvalue weighted by Crippen LogP contribution is -2.27. The average molecular weight is 629 g/mol. The van der Waals surface area contributed by atoms with Gasteiger partial charge in [-0.25, -0.2) is 0 Å². The van der Waals surface area contributed by atoms with Gasteiger partial charge in [0.05, 0.1) is 0 Å². The van der Waals surface area contributed by atoms with Crippen molar-refractivity contribution < 1.29 is 0 Å². The molecule has 0 nitrogen and oxygen atoms in total. The standard InChI is InChI=1S/C44H36S2/c1-5-13-29(14-6-1)21-23-33-25-37-35(31-17-9-3-10-18-31)27-39-41(43(37)45-33)40-28-36(32-19-11-4-12-20-32)38-26-34(46-44(38)42(39)40)24-22-30-15-7-2-8-16-30/h1-20,25,27-28,34,40,42H,21-24,26H2. The highest BCUT2D eigenvalue weighted by molar-refractivity contribution is 8.04. The lowest BCUT2D eigenvalue weighted by molar-refractivity contribution is 0.635. The quantitative estimate of drug-likeness (QED) is 0.162. The summed E-state index contributed by atoms with van der Waals surface area (Å²) >= 11 is 4.25. The minimum Gasteiger partial charge on any atom is -0.140 e. The third-order valence-electron chi connectivity index (χ3n) is 10.2. The molecule has 9 rings (SSSR count). The van der Waals surface area contributed by atoms with E-state index in [1.807, 2.05) is 11.3 Å². The fourth-order valence-corrected chi connectivity index (χ4v) is 10.8. The van der Waals surface area contributed by atoms with E-state index in [2.05, 4.69) is 151 Å². The maximum atomic E-state index is 2.66. The number of aryl methyl sites for hydroxylation is 3. The molecule has 2 aliphatic carbocycles. The second-order valence-corrected chi connectivity index (χ2v) is 15.5. The van der Waals surface area contributed by atoms with Crippen LogP contribution in [0.25, 0.3) is 26.8 Å². The molecule has 5 aromatic carbocycles. The van der Waals surface area contributed by atoms with Gasteiger partial charge in [0.15, 0.2) is 0 Å². The summed E-state index contributed by atoms with van der Waals surface area (Å²) in [7, 11) is 0. The lowest BCUT2D eigenvalue weighted by Gasteiger charge is -2.43. The zero-order valence-electron chi connectivity index (χ0n) is 25.9. The van der Waals surface area contributed by atoms with E-state index in [0.29, 0.717) is 17.1 Å². The summed E-state index contributed by atoms with van der Waals surface area (Å²) in [5.41, 5.74) is 13.2. The molecule has 3 atom stereocenters. The van der Waals surface area contributed by atoms with Crippen LogP contribution in [-0.2, 0) is 19.3 Å². The van der Waals surface area contributed by atoms with Gasteiger partial charge in [0.2, 0.25) is 0 Å². The van der Waals surface area contributed by atoms with E-state index in [1.165, 1.54) is 61.2 Å². The number of hydrogen-bond donors (Lipinski definition) is 0. The summed E-state index contributed by atoms with van der Waals surface area (Å²) in [5, 5.41) is 2.06. The van der Waals surface area contributed by atoms with Crippen molar-refractivity contribution >= 4 is 38.8 Å². The van der Waals surface area contributed by atoms with Crippen LogP contribution in [0.2, 0.25) is 0 Å². The molecule has 0 saturated heterocycles. The summed E-state index contributed by atoms with van der Waals surface area (Å²) < 4.78 is 1.51. The van der Waals surface area contributed by atoms with E-state index >= 15 is 0 Å². The average Bonchev–Trinajstić information content (AvgIpc) is 3.73. The number of benzene rings is 5. The van der Waals surface area contributed by atoms with E-state index in [9.17, 15) is 0 Å². The third kappa shape index (κ3) is 5.00. The zero-order chi connectivity index (χ0) is 30.5. The molecule has 0 radical (unpaired) electrons. The van der Waals surface area contributed by atoms with Crippen LogP contribution >= 0.6 is 23.1 Å². The van der Waals surface area contributed by atoms with Gasteiger partial charge in [0.1, 0.15) is 0 Å². The first-order valence-electron chi connectivity index (χ1n) is 16.7. The molecule has 0 spiro atoms. The van der Waals surface area contributed by atoms with Crippen LogP contribution in [0.5, 0.6) is 0 Å². The number of thiophene rings is 1. The Bertz CT molecular complexity index is 2090. The van der Waals surface area contributed by atoms with Crippen LogP contribution in [0, 0.1) is 0 Å². The number of thioether (sulfide) groups is 1. The zero-order valence-corrected chi connectivity index (χ0v) is 27.5. The highest BCUT2D eigenvalue weighted by Gasteiger charge is 2.48. The molecule has 0 N–H and O–H groups in total. The molecule has 2 heteroatoms. The fraction of sp³-hybridized carbons (Fsp3) is 0.182. The number of fused-ring (bicyclic) bond motifs is 7. The summed E-state index contributed by atoms with van der Waals surface area (Å²) in [6.07, 6.45) is 8.36. The van der Waals surface area contributed by atoms with Crippen molar-refractivity contribution in [2.75, 3.05) is 0 Å². The largest absolute Gasteiger partial charge is 0.140 e. The predicted octanol–water partition coefficient (Wildman–Crippen LogP) is 12.0. The summed E-state index contributed by atoms with van der Waals surface area (Å²) in [5.74, 6) is 0.920. The first kappa shape index (κ1) is 28.1. The smallest absolute Gasteiger partial charge is 0.0393 e. The maximum Gasteiger partial charge on any atom is 0.0393 e. The molecule has 46 heavy (non-hydrogen) atoms. The van der Waals surface area contributed by atoms with Crippen molar-refractivity contribution in [3.05, 3.63) is 183 Å². The van der Waals surface area contributed by atoms with Crippen molar-refractivity contribution in [3.8, 4) is 11.1 Å². The molecular weight excluding hydrogens is 593 g/mol. The van der Waals surface area contributed by atoms with Crippen LogP contribution in [0.3, 0.4) is 0 Å². The Morgan fingerprint density at radius 3 is 1.96 bits per heavy atom. The first-order valence-corrected chi connectivity index (χ1v) is 18.4. The topological polar surface area (TPSA) is 0 Å². The Kier molecular flexibility index (Phi) is 7.29. The molecule has 0 fully saturated rings. The molecule has 3 aliphatic rings. The van der Waals surface area contributed by atoms with Crippen molar-refractivity contribution in [1.29, 1.82) is 0 Å². The molecule has 0 bridgehead atoms. The van der Waals surface area contributed by atoms with Crippen molar-refractivity contribution in [2.45, 2.75) is 49.2 Å². The van der Waals surface area contributed by atoms with Crippen LogP contribution in [-0.4, -0.2) is 5.25 Å². The van der Waals surface area contributed by atoms with E-state index in [4.69, 9.17) is 0 Å². The fourth-order valence-electron chi connectivity index (χ4n) is 7.95. The Balaban J connectivity index is 1.13. The first-order chi connectivity index (χ1) is 22.8. The van der Waals surface area contributed by atoms with Crippen molar-refractivity contribution in [3.63, 3.8) is 0 Å². The second kappa shape index (κ2) is 11.9. The van der Waals surface area contributed by atoms with Gasteiger partial charge in [-0.05, 0) is 99.2 Å². The monoisotopic (exact) mass is 628 g/mol. The van der Waals surface area contributed by atoms with E-state index < -0.39 is 0 Å². The molecule has 0 amide bonds. The number of rotatable bonds is 8. The van der Waals surface area contributed by atoms with E-state index in [-0.39, 0.29) is 0 Å². The molecule has 2 heterocycles. The van der Waals surface area contributed by atoms with Crippen LogP contribution in [0.1, 0.15) is 57.4 Å². The Morgan fingerprint density at radius 2 is 1.26 bits per heavy atom. The number of allylic oxidation sites excluding steroid dienone is 4.